The number of rotatable bonds is 7. The summed E-state index contributed by atoms with van der Waals surface area (Å²) in [5, 5.41) is 0. The Kier molecular flexibility index (Phi) is 5.58. The molecule has 0 radical (unpaired) electrons. The van der Waals surface area contributed by atoms with Gasteiger partial charge >= 0.3 is 0 Å². The molecule has 4 aromatic rings. The van der Waals surface area contributed by atoms with Crippen molar-refractivity contribution in [3.8, 4) is 17.0 Å². The maximum absolute atomic E-state index is 5.71. The van der Waals surface area contributed by atoms with Crippen molar-refractivity contribution in [1.29, 1.82) is 0 Å². The van der Waals surface area contributed by atoms with Crippen LogP contribution in [-0.2, 0) is 11.3 Å². The summed E-state index contributed by atoms with van der Waals surface area (Å²) in [6.07, 6.45) is 1.84. The summed E-state index contributed by atoms with van der Waals surface area (Å²) in [6, 6.07) is 20.9. The summed E-state index contributed by atoms with van der Waals surface area (Å²) in [4.78, 5) is 9.20. The van der Waals surface area contributed by atoms with Crippen LogP contribution in [0.3, 0.4) is 0 Å². The average Bonchev–Trinajstić information content (AvgIpc) is 3.15. The van der Waals surface area contributed by atoms with Crippen LogP contribution >= 0.6 is 0 Å². The van der Waals surface area contributed by atoms with Gasteiger partial charge in [-0.3, -0.25) is 0 Å². The zero-order valence-corrected chi connectivity index (χ0v) is 17.0. The van der Waals surface area contributed by atoms with Gasteiger partial charge in [-0.05, 0) is 43.2 Å². The van der Waals surface area contributed by atoms with Gasteiger partial charge in [0, 0.05) is 24.4 Å². The number of nitrogens with zero attached hydrogens (tertiary/aromatic N) is 3. The quantitative estimate of drug-likeness (QED) is 0.434. The molecule has 148 valence electrons. The van der Waals surface area contributed by atoms with Crippen molar-refractivity contribution in [3.05, 3.63) is 78.2 Å². The number of pyridine rings is 1. The van der Waals surface area contributed by atoms with E-state index in [2.05, 4.69) is 58.9 Å². The number of hydrogen-bond acceptors (Lipinski definition) is 4. The molecule has 5 nitrogen and oxygen atoms in total. The Hall–Kier alpha value is -3.18. The minimum absolute atomic E-state index is 0.140. The van der Waals surface area contributed by atoms with E-state index in [1.807, 2.05) is 31.3 Å². The standard InChI is InChI=1S/C24H25N3O2/c1-4-29-16-23-26-21-12-10-19(20-11-13-24(28-3)25-15-20)14-22(21)27(23)17(2)18-8-6-5-7-9-18/h5-15,17H,4,16H2,1-3H3/t17-/m1/s1. The molecule has 2 aromatic heterocycles. The fourth-order valence-electron chi connectivity index (χ4n) is 3.60. The number of aromatic nitrogens is 3. The van der Waals surface area contributed by atoms with Crippen LogP contribution in [0.15, 0.2) is 66.9 Å². The minimum atomic E-state index is 0.140. The number of benzene rings is 2. The van der Waals surface area contributed by atoms with E-state index in [0.717, 1.165) is 28.0 Å². The number of imidazole rings is 1. The number of methoxy groups -OCH3 is 1. The lowest BCUT2D eigenvalue weighted by atomic mass is 10.1. The van der Waals surface area contributed by atoms with Crippen LogP contribution in [0, 0.1) is 0 Å². The molecule has 5 heteroatoms. The lowest BCUT2D eigenvalue weighted by Crippen LogP contribution is -2.12. The number of fused-ring (bicyclic) bond motifs is 1. The summed E-state index contributed by atoms with van der Waals surface area (Å²) in [5.41, 5.74) is 5.43. The molecule has 0 saturated carbocycles. The van der Waals surface area contributed by atoms with E-state index in [0.29, 0.717) is 19.1 Å². The highest BCUT2D eigenvalue weighted by Crippen LogP contribution is 2.30. The smallest absolute Gasteiger partial charge is 0.212 e. The molecule has 0 saturated heterocycles. The Bertz CT molecular complexity index is 1090. The van der Waals surface area contributed by atoms with Gasteiger partial charge in [-0.15, -0.1) is 0 Å². The molecule has 0 unspecified atom stereocenters. The van der Waals surface area contributed by atoms with Crippen LogP contribution in [0.25, 0.3) is 22.2 Å². The van der Waals surface area contributed by atoms with Crippen molar-refractivity contribution < 1.29 is 9.47 Å². The molecule has 29 heavy (non-hydrogen) atoms. The maximum Gasteiger partial charge on any atom is 0.212 e. The molecular weight excluding hydrogens is 362 g/mol. The first-order valence-corrected chi connectivity index (χ1v) is 9.85. The molecule has 0 fully saturated rings. The minimum Gasteiger partial charge on any atom is -0.481 e. The largest absolute Gasteiger partial charge is 0.481 e. The second-order valence-corrected chi connectivity index (χ2v) is 6.91. The molecule has 0 aliphatic carbocycles. The van der Waals surface area contributed by atoms with Crippen LogP contribution in [0.2, 0.25) is 0 Å². The zero-order valence-electron chi connectivity index (χ0n) is 17.0. The first-order valence-electron chi connectivity index (χ1n) is 9.85. The van der Waals surface area contributed by atoms with Gasteiger partial charge in [0.25, 0.3) is 0 Å². The van der Waals surface area contributed by atoms with Gasteiger partial charge in [-0.25, -0.2) is 9.97 Å². The number of hydrogen-bond donors (Lipinski definition) is 0. The predicted octanol–water partition coefficient (Wildman–Crippen LogP) is 5.25. The zero-order chi connectivity index (χ0) is 20.2. The normalized spacial score (nSPS) is 12.2. The third-order valence-electron chi connectivity index (χ3n) is 5.15. The van der Waals surface area contributed by atoms with Crippen LogP contribution in [-0.4, -0.2) is 28.3 Å². The van der Waals surface area contributed by atoms with E-state index in [4.69, 9.17) is 14.5 Å². The molecule has 0 N–H and O–H groups in total. The van der Waals surface area contributed by atoms with Gasteiger partial charge in [0.05, 0.1) is 24.2 Å². The second kappa shape index (κ2) is 8.45. The lowest BCUT2D eigenvalue weighted by Gasteiger charge is -2.18. The van der Waals surface area contributed by atoms with Crippen LogP contribution < -0.4 is 4.74 Å². The van der Waals surface area contributed by atoms with E-state index in [1.165, 1.54) is 5.56 Å². The molecule has 0 bridgehead atoms. The summed E-state index contributed by atoms with van der Waals surface area (Å²) in [7, 11) is 1.62. The van der Waals surface area contributed by atoms with Gasteiger partial charge in [0.2, 0.25) is 5.88 Å². The maximum atomic E-state index is 5.71. The summed E-state index contributed by atoms with van der Waals surface area (Å²) < 4.78 is 13.2. The molecule has 2 heterocycles. The highest BCUT2D eigenvalue weighted by atomic mass is 16.5. The Morgan fingerprint density at radius 2 is 1.79 bits per heavy atom. The Balaban J connectivity index is 1.83. The van der Waals surface area contributed by atoms with Gasteiger partial charge in [-0.1, -0.05) is 36.4 Å². The van der Waals surface area contributed by atoms with Crippen molar-refractivity contribution in [2.24, 2.45) is 0 Å². The number of ether oxygens (including phenoxy) is 2. The third-order valence-corrected chi connectivity index (χ3v) is 5.15. The fraction of sp³-hybridized carbons (Fsp3) is 0.250. The Labute approximate surface area is 171 Å². The van der Waals surface area contributed by atoms with E-state index in [-0.39, 0.29) is 6.04 Å². The average molecular weight is 387 g/mol. The lowest BCUT2D eigenvalue weighted by molar-refractivity contribution is 0.125. The second-order valence-electron chi connectivity index (χ2n) is 6.91. The summed E-state index contributed by atoms with van der Waals surface area (Å²) in [5.74, 6) is 1.54. The van der Waals surface area contributed by atoms with Crippen molar-refractivity contribution in [2.75, 3.05) is 13.7 Å². The van der Waals surface area contributed by atoms with Crippen molar-refractivity contribution in [2.45, 2.75) is 26.5 Å². The topological polar surface area (TPSA) is 49.2 Å². The Morgan fingerprint density at radius 3 is 2.48 bits per heavy atom. The first kappa shape index (κ1) is 19.2. The highest BCUT2D eigenvalue weighted by molar-refractivity contribution is 5.83. The van der Waals surface area contributed by atoms with E-state index in [9.17, 15) is 0 Å². The predicted molar refractivity (Wildman–Crippen MR) is 115 cm³/mol. The fourth-order valence-corrected chi connectivity index (χ4v) is 3.60. The molecule has 1 atom stereocenters. The Morgan fingerprint density at radius 1 is 1.00 bits per heavy atom. The molecule has 0 aliphatic heterocycles. The molecular formula is C24H25N3O2. The van der Waals surface area contributed by atoms with Gasteiger partial charge < -0.3 is 14.0 Å². The van der Waals surface area contributed by atoms with Crippen LogP contribution in [0.4, 0.5) is 0 Å². The van der Waals surface area contributed by atoms with E-state index >= 15 is 0 Å². The van der Waals surface area contributed by atoms with Gasteiger partial charge in [0.15, 0.2) is 0 Å². The monoisotopic (exact) mass is 387 g/mol. The molecule has 4 rings (SSSR count). The molecule has 2 aromatic carbocycles. The summed E-state index contributed by atoms with van der Waals surface area (Å²) in [6.45, 7) is 5.35. The van der Waals surface area contributed by atoms with Crippen molar-refractivity contribution in [1.82, 2.24) is 14.5 Å². The van der Waals surface area contributed by atoms with Crippen molar-refractivity contribution in [3.63, 3.8) is 0 Å². The van der Waals surface area contributed by atoms with Gasteiger partial charge in [-0.2, -0.15) is 0 Å². The van der Waals surface area contributed by atoms with Crippen LogP contribution in [0.1, 0.15) is 31.3 Å². The van der Waals surface area contributed by atoms with Gasteiger partial charge in [0.1, 0.15) is 12.4 Å². The third kappa shape index (κ3) is 3.87. The molecule has 0 aliphatic rings. The van der Waals surface area contributed by atoms with E-state index in [1.54, 1.807) is 7.11 Å². The van der Waals surface area contributed by atoms with E-state index < -0.39 is 0 Å². The van der Waals surface area contributed by atoms with Crippen LogP contribution in [0.5, 0.6) is 5.88 Å². The van der Waals surface area contributed by atoms with Crippen molar-refractivity contribution >= 4 is 11.0 Å². The molecule has 0 amide bonds. The molecule has 0 spiro atoms. The first-order chi connectivity index (χ1) is 14.2. The SMILES string of the molecule is CCOCc1nc2ccc(-c3ccc(OC)nc3)cc2n1[C@H](C)c1ccccc1. The summed E-state index contributed by atoms with van der Waals surface area (Å²) >= 11 is 0. The highest BCUT2D eigenvalue weighted by Gasteiger charge is 2.18.